The molecule has 2 bridgehead atoms. The fourth-order valence-corrected chi connectivity index (χ4v) is 5.71. The van der Waals surface area contributed by atoms with Crippen LogP contribution >= 0.6 is 0 Å². The quantitative estimate of drug-likeness (QED) is 0.887. The predicted molar refractivity (Wildman–Crippen MR) is 99.7 cm³/mol. The number of hydrogen-bond acceptors (Lipinski definition) is 4. The smallest absolute Gasteiger partial charge is 0.118 e. The number of nitrogens with zero attached hydrogens (tertiary/aromatic N) is 2. The molecule has 4 saturated heterocycles. The Balaban J connectivity index is 1.21. The molecule has 0 radical (unpaired) electrons. The molecule has 1 aliphatic carbocycles. The van der Waals surface area contributed by atoms with Gasteiger partial charge in [-0.3, -0.25) is 9.80 Å². The van der Waals surface area contributed by atoms with Gasteiger partial charge in [0.05, 0.1) is 7.11 Å². The second kappa shape index (κ2) is 6.57. The molecule has 136 valence electrons. The molecule has 0 amide bonds. The second-order valence-electron chi connectivity index (χ2n) is 8.74. The molecule has 5 fully saturated rings. The maximum Gasteiger partial charge on any atom is 0.118 e. The summed E-state index contributed by atoms with van der Waals surface area (Å²) < 4.78 is 5.29. The standard InChI is InChI=1S/C21H31N3O/c1-25-18-6-3-15(4-7-18)10-23-11-16-2-5-17(13-23)24(12-16)14-21-19-8-22-9-20(19)21/h3-4,6-7,16-17,19-22H,2,5,8-14H2,1H3/t16-,17+,19-,20+,21?/m0/s1. The highest BCUT2D eigenvalue weighted by Crippen LogP contribution is 2.49. The van der Waals surface area contributed by atoms with Crippen molar-refractivity contribution in [1.29, 1.82) is 0 Å². The lowest BCUT2D eigenvalue weighted by Crippen LogP contribution is -2.45. The van der Waals surface area contributed by atoms with E-state index in [1.807, 2.05) is 0 Å². The number of rotatable bonds is 5. The van der Waals surface area contributed by atoms with E-state index >= 15 is 0 Å². The average Bonchev–Trinajstić information content (AvgIpc) is 3.17. The fourth-order valence-electron chi connectivity index (χ4n) is 5.71. The third-order valence-electron chi connectivity index (χ3n) is 7.18. The maximum atomic E-state index is 5.29. The highest BCUT2D eigenvalue weighted by Gasteiger charge is 2.53. The Bertz CT molecular complexity index is 594. The van der Waals surface area contributed by atoms with Crippen LogP contribution in [0.2, 0.25) is 0 Å². The molecule has 1 aromatic rings. The van der Waals surface area contributed by atoms with Gasteiger partial charge in [0.2, 0.25) is 0 Å². The van der Waals surface area contributed by atoms with Gasteiger partial charge in [-0.25, -0.2) is 0 Å². The van der Waals surface area contributed by atoms with Crippen molar-refractivity contribution in [2.45, 2.75) is 25.4 Å². The Morgan fingerprint density at radius 2 is 1.84 bits per heavy atom. The minimum absolute atomic E-state index is 0.784. The van der Waals surface area contributed by atoms with Crippen LogP contribution in [-0.4, -0.2) is 62.2 Å². The molecule has 1 aromatic carbocycles. The fraction of sp³-hybridized carbons (Fsp3) is 0.714. The number of ether oxygens (including phenoxy) is 1. The van der Waals surface area contributed by atoms with Gasteiger partial charge in [0.25, 0.3) is 0 Å². The van der Waals surface area contributed by atoms with Gasteiger partial charge in [-0.1, -0.05) is 12.1 Å². The molecule has 1 saturated carbocycles. The van der Waals surface area contributed by atoms with Crippen molar-refractivity contribution in [1.82, 2.24) is 15.1 Å². The van der Waals surface area contributed by atoms with Crippen molar-refractivity contribution in [3.8, 4) is 5.75 Å². The molecular formula is C21H31N3O. The first-order valence-electron chi connectivity index (χ1n) is 10.1. The van der Waals surface area contributed by atoms with E-state index in [1.165, 1.54) is 57.7 Å². The first-order valence-corrected chi connectivity index (χ1v) is 10.1. The highest BCUT2D eigenvalue weighted by atomic mass is 16.5. The van der Waals surface area contributed by atoms with Gasteiger partial charge in [0, 0.05) is 38.8 Å². The summed E-state index contributed by atoms with van der Waals surface area (Å²) in [6.45, 7) is 8.88. The third kappa shape index (κ3) is 3.20. The molecule has 4 aliphatic heterocycles. The monoisotopic (exact) mass is 341 g/mol. The molecule has 1 N–H and O–H groups in total. The molecular weight excluding hydrogens is 310 g/mol. The zero-order chi connectivity index (χ0) is 16.8. The Hall–Kier alpha value is -1.10. The summed E-state index contributed by atoms with van der Waals surface area (Å²) in [7, 11) is 1.74. The minimum Gasteiger partial charge on any atom is -0.497 e. The molecule has 5 aliphatic rings. The zero-order valence-electron chi connectivity index (χ0n) is 15.4. The van der Waals surface area contributed by atoms with E-state index in [0.717, 1.165) is 42.0 Å². The number of benzene rings is 1. The molecule has 5 atom stereocenters. The van der Waals surface area contributed by atoms with Crippen molar-refractivity contribution in [3.63, 3.8) is 0 Å². The van der Waals surface area contributed by atoms with Crippen molar-refractivity contribution in [2.24, 2.45) is 23.7 Å². The van der Waals surface area contributed by atoms with Crippen LogP contribution in [0.15, 0.2) is 24.3 Å². The van der Waals surface area contributed by atoms with Crippen LogP contribution in [-0.2, 0) is 6.54 Å². The number of hydrogen-bond donors (Lipinski definition) is 1. The lowest BCUT2D eigenvalue weighted by atomic mass is 9.94. The summed E-state index contributed by atoms with van der Waals surface area (Å²) in [4.78, 5) is 5.57. The largest absolute Gasteiger partial charge is 0.497 e. The predicted octanol–water partition coefficient (Wildman–Crippen LogP) is 2.06. The lowest BCUT2D eigenvalue weighted by molar-refractivity contribution is 0.120. The van der Waals surface area contributed by atoms with E-state index in [4.69, 9.17) is 4.74 Å². The van der Waals surface area contributed by atoms with Gasteiger partial charge in [0.15, 0.2) is 0 Å². The van der Waals surface area contributed by atoms with E-state index in [0.29, 0.717) is 0 Å². The Morgan fingerprint density at radius 1 is 1.04 bits per heavy atom. The van der Waals surface area contributed by atoms with Crippen LogP contribution < -0.4 is 10.1 Å². The lowest BCUT2D eigenvalue weighted by Gasteiger charge is -2.36. The van der Waals surface area contributed by atoms with Crippen LogP contribution in [0.5, 0.6) is 5.75 Å². The molecule has 4 heterocycles. The average molecular weight is 341 g/mol. The van der Waals surface area contributed by atoms with Gasteiger partial charge in [-0.2, -0.15) is 0 Å². The normalized spacial score (nSPS) is 37.7. The maximum absolute atomic E-state index is 5.29. The molecule has 0 spiro atoms. The molecule has 4 heteroatoms. The first-order chi connectivity index (χ1) is 12.3. The summed E-state index contributed by atoms with van der Waals surface area (Å²) in [5, 5.41) is 3.54. The Morgan fingerprint density at radius 3 is 2.60 bits per heavy atom. The molecule has 1 unspecified atom stereocenters. The second-order valence-corrected chi connectivity index (χ2v) is 8.74. The van der Waals surface area contributed by atoms with Crippen LogP contribution in [0.3, 0.4) is 0 Å². The minimum atomic E-state index is 0.784. The summed E-state index contributed by atoms with van der Waals surface area (Å²) in [5.41, 5.74) is 1.41. The first kappa shape index (κ1) is 16.1. The topological polar surface area (TPSA) is 27.7 Å². The van der Waals surface area contributed by atoms with Gasteiger partial charge < -0.3 is 10.1 Å². The van der Waals surface area contributed by atoms with Crippen molar-refractivity contribution < 1.29 is 4.74 Å². The highest BCUT2D eigenvalue weighted by molar-refractivity contribution is 5.27. The van der Waals surface area contributed by atoms with E-state index in [9.17, 15) is 0 Å². The number of nitrogens with one attached hydrogen (secondary N) is 1. The van der Waals surface area contributed by atoms with Gasteiger partial charge in [-0.05, 0) is 67.3 Å². The zero-order valence-corrected chi connectivity index (χ0v) is 15.4. The van der Waals surface area contributed by atoms with Crippen LogP contribution in [0.1, 0.15) is 18.4 Å². The SMILES string of the molecule is COc1ccc(CN2C[C@@H]3CC[C@H](C2)N(CC2[C@H]4CNC[C@@H]24)C3)cc1. The van der Waals surface area contributed by atoms with E-state index in [-0.39, 0.29) is 0 Å². The van der Waals surface area contributed by atoms with E-state index < -0.39 is 0 Å². The molecule has 4 nitrogen and oxygen atoms in total. The summed E-state index contributed by atoms with van der Waals surface area (Å²) in [6.07, 6.45) is 2.84. The number of piperidine rings is 2. The molecule has 25 heavy (non-hydrogen) atoms. The molecule has 0 aromatic heterocycles. The number of fused-ring (bicyclic) bond motifs is 5. The summed E-state index contributed by atoms with van der Waals surface area (Å²) in [5.74, 6) is 4.81. The Labute approximate surface area is 151 Å². The van der Waals surface area contributed by atoms with Crippen molar-refractivity contribution in [3.05, 3.63) is 29.8 Å². The summed E-state index contributed by atoms with van der Waals surface area (Å²) in [6, 6.07) is 9.41. The van der Waals surface area contributed by atoms with Crippen LogP contribution in [0.25, 0.3) is 0 Å². The summed E-state index contributed by atoms with van der Waals surface area (Å²) >= 11 is 0. The van der Waals surface area contributed by atoms with Gasteiger partial charge in [-0.15, -0.1) is 0 Å². The van der Waals surface area contributed by atoms with Gasteiger partial charge >= 0.3 is 0 Å². The molecule has 6 rings (SSSR count). The van der Waals surface area contributed by atoms with Gasteiger partial charge in [0.1, 0.15) is 5.75 Å². The van der Waals surface area contributed by atoms with Crippen molar-refractivity contribution >= 4 is 0 Å². The van der Waals surface area contributed by atoms with Crippen LogP contribution in [0.4, 0.5) is 0 Å². The van der Waals surface area contributed by atoms with Crippen molar-refractivity contribution in [2.75, 3.05) is 46.4 Å². The van der Waals surface area contributed by atoms with E-state index in [1.54, 1.807) is 7.11 Å². The third-order valence-corrected chi connectivity index (χ3v) is 7.18. The number of methoxy groups -OCH3 is 1. The van der Waals surface area contributed by atoms with Crippen LogP contribution in [0, 0.1) is 23.7 Å². The van der Waals surface area contributed by atoms with E-state index in [2.05, 4.69) is 39.4 Å². The Kier molecular flexibility index (Phi) is 4.23.